The van der Waals surface area contributed by atoms with Gasteiger partial charge in [-0.15, -0.1) is 0 Å². The van der Waals surface area contributed by atoms with Crippen LogP contribution in [0.25, 0.3) is 5.52 Å². The summed E-state index contributed by atoms with van der Waals surface area (Å²) in [6.07, 6.45) is 4.59. The molecule has 3 rings (SSSR count). The predicted molar refractivity (Wildman–Crippen MR) is 95.7 cm³/mol. The normalized spacial score (nSPS) is 12.5. The molecule has 12 heteroatoms. The summed E-state index contributed by atoms with van der Waals surface area (Å²) in [7, 11) is -5.92. The molecule has 0 spiro atoms. The quantitative estimate of drug-likeness (QED) is 0.581. The molecule has 0 radical (unpaired) electrons. The summed E-state index contributed by atoms with van der Waals surface area (Å²) < 4.78 is 56.5. The highest BCUT2D eigenvalue weighted by Gasteiger charge is 2.19. The van der Waals surface area contributed by atoms with Crippen LogP contribution >= 0.6 is 0 Å². The van der Waals surface area contributed by atoms with Gasteiger partial charge in [0.15, 0.2) is 5.03 Å². The lowest BCUT2D eigenvalue weighted by Gasteiger charge is -2.09. The Bertz CT molecular complexity index is 1130. The molecule has 26 heavy (non-hydrogen) atoms. The van der Waals surface area contributed by atoms with E-state index in [-0.39, 0.29) is 11.6 Å². The van der Waals surface area contributed by atoms with Crippen molar-refractivity contribution in [1.82, 2.24) is 23.9 Å². The zero-order valence-corrected chi connectivity index (χ0v) is 15.7. The van der Waals surface area contributed by atoms with E-state index in [9.17, 15) is 16.8 Å². The minimum Gasteiger partial charge on any atom is -0.337 e. The lowest BCUT2D eigenvalue weighted by atomic mass is 10.4. The van der Waals surface area contributed by atoms with E-state index in [1.807, 2.05) is 0 Å². The van der Waals surface area contributed by atoms with Crippen molar-refractivity contribution in [2.45, 2.75) is 11.9 Å². The average Bonchev–Trinajstić information content (AvgIpc) is 3.13. The number of hydrogen-bond donors (Lipinski definition) is 2. The lowest BCUT2D eigenvalue weighted by Crippen LogP contribution is -2.31. The van der Waals surface area contributed by atoms with E-state index < -0.39 is 25.8 Å². The van der Waals surface area contributed by atoms with Crippen molar-refractivity contribution in [1.29, 1.82) is 0 Å². The van der Waals surface area contributed by atoms with Crippen LogP contribution < -0.4 is 9.44 Å². The third-order valence-corrected chi connectivity index (χ3v) is 6.32. The van der Waals surface area contributed by atoms with Gasteiger partial charge in [-0.1, -0.05) is 0 Å². The SMILES string of the molecule is Cc1nc(S(=O)(=O)NCCS(=O)(=O)Nc2ccn3nccc3c2)cn1C. The summed E-state index contributed by atoms with van der Waals surface area (Å²) in [6.45, 7) is 1.40. The molecule has 0 aliphatic rings. The summed E-state index contributed by atoms with van der Waals surface area (Å²) in [6, 6.07) is 4.94. The number of nitrogens with one attached hydrogen (secondary N) is 2. The number of imidazole rings is 1. The number of fused-ring (bicyclic) bond motifs is 1. The Morgan fingerprint density at radius 2 is 1.96 bits per heavy atom. The van der Waals surface area contributed by atoms with Crippen molar-refractivity contribution < 1.29 is 16.8 Å². The number of anilines is 1. The van der Waals surface area contributed by atoms with E-state index in [4.69, 9.17) is 0 Å². The molecule has 0 atom stereocenters. The Balaban J connectivity index is 1.62. The summed E-state index contributed by atoms with van der Waals surface area (Å²) in [5.41, 5.74) is 1.11. The summed E-state index contributed by atoms with van der Waals surface area (Å²) in [4.78, 5) is 3.93. The van der Waals surface area contributed by atoms with Crippen LogP contribution in [0.5, 0.6) is 0 Å². The molecule has 0 saturated heterocycles. The Kier molecular flexibility index (Phi) is 4.73. The number of rotatable bonds is 7. The summed E-state index contributed by atoms with van der Waals surface area (Å²) in [5.74, 6) is 0.123. The third kappa shape index (κ3) is 4.03. The van der Waals surface area contributed by atoms with Gasteiger partial charge in [-0.05, 0) is 25.1 Å². The van der Waals surface area contributed by atoms with Gasteiger partial charge < -0.3 is 4.57 Å². The number of aromatic nitrogens is 4. The molecule has 0 unspecified atom stereocenters. The third-order valence-electron chi connectivity index (χ3n) is 3.70. The van der Waals surface area contributed by atoms with Crippen LogP contribution in [0.2, 0.25) is 0 Å². The first-order chi connectivity index (χ1) is 12.2. The molecule has 10 nitrogen and oxygen atoms in total. The van der Waals surface area contributed by atoms with Gasteiger partial charge >= 0.3 is 0 Å². The Hall–Kier alpha value is -2.44. The maximum absolute atomic E-state index is 12.2. The molecule has 0 aliphatic heterocycles. The van der Waals surface area contributed by atoms with Gasteiger partial charge in [-0.25, -0.2) is 31.1 Å². The van der Waals surface area contributed by atoms with Crippen molar-refractivity contribution in [2.75, 3.05) is 17.0 Å². The fraction of sp³-hybridized carbons (Fsp3) is 0.286. The van der Waals surface area contributed by atoms with Crippen molar-refractivity contribution in [3.8, 4) is 0 Å². The molecule has 2 N–H and O–H groups in total. The second kappa shape index (κ2) is 6.70. The molecule has 0 amide bonds. The number of sulfonamides is 2. The summed E-state index contributed by atoms with van der Waals surface area (Å²) in [5, 5.41) is 3.88. The largest absolute Gasteiger partial charge is 0.337 e. The molecule has 3 heterocycles. The van der Waals surface area contributed by atoms with E-state index in [0.29, 0.717) is 11.5 Å². The number of aryl methyl sites for hydroxylation is 2. The van der Waals surface area contributed by atoms with Crippen molar-refractivity contribution in [3.05, 3.63) is 42.6 Å². The van der Waals surface area contributed by atoms with E-state index in [2.05, 4.69) is 19.5 Å². The van der Waals surface area contributed by atoms with Crippen molar-refractivity contribution in [3.63, 3.8) is 0 Å². The fourth-order valence-electron chi connectivity index (χ4n) is 2.26. The highest BCUT2D eigenvalue weighted by Crippen LogP contribution is 2.13. The van der Waals surface area contributed by atoms with Crippen LogP contribution in [0.4, 0.5) is 5.69 Å². The Morgan fingerprint density at radius 1 is 1.19 bits per heavy atom. The van der Waals surface area contributed by atoms with Crippen molar-refractivity contribution >= 4 is 31.3 Å². The molecule has 3 aromatic rings. The lowest BCUT2D eigenvalue weighted by molar-refractivity contribution is 0.578. The number of pyridine rings is 1. The molecule has 140 valence electrons. The maximum Gasteiger partial charge on any atom is 0.259 e. The van der Waals surface area contributed by atoms with Crippen LogP contribution in [0.3, 0.4) is 0 Å². The molecule has 0 saturated carbocycles. The molecular formula is C14H18N6O4S2. The number of nitrogens with zero attached hydrogens (tertiary/aromatic N) is 4. The molecule has 0 aliphatic carbocycles. The molecule has 0 aromatic carbocycles. The van der Waals surface area contributed by atoms with Crippen LogP contribution in [-0.4, -0.2) is 48.3 Å². The van der Waals surface area contributed by atoms with E-state index in [1.54, 1.807) is 53.6 Å². The Morgan fingerprint density at radius 3 is 2.65 bits per heavy atom. The minimum atomic E-state index is -3.86. The highest BCUT2D eigenvalue weighted by molar-refractivity contribution is 7.92. The first-order valence-electron chi connectivity index (χ1n) is 7.60. The van der Waals surface area contributed by atoms with Crippen molar-refractivity contribution in [2.24, 2.45) is 7.05 Å². The molecule has 0 bridgehead atoms. The van der Waals surface area contributed by atoms with Gasteiger partial charge in [0.05, 0.1) is 17.0 Å². The second-order valence-electron chi connectivity index (χ2n) is 5.67. The zero-order valence-electron chi connectivity index (χ0n) is 14.1. The highest BCUT2D eigenvalue weighted by atomic mass is 32.2. The Labute approximate surface area is 151 Å². The van der Waals surface area contributed by atoms with Gasteiger partial charge in [0.1, 0.15) is 5.82 Å². The van der Waals surface area contributed by atoms with Gasteiger partial charge in [0.2, 0.25) is 10.0 Å². The van der Waals surface area contributed by atoms with Gasteiger partial charge in [-0.2, -0.15) is 5.10 Å². The number of hydrogen-bond acceptors (Lipinski definition) is 6. The first-order valence-corrected chi connectivity index (χ1v) is 10.7. The van der Waals surface area contributed by atoms with Gasteiger partial charge in [0.25, 0.3) is 10.0 Å². The van der Waals surface area contributed by atoms with Gasteiger partial charge in [0, 0.05) is 32.2 Å². The van der Waals surface area contributed by atoms with Gasteiger partial charge in [-0.3, -0.25) is 4.72 Å². The van der Waals surface area contributed by atoms with Crippen LogP contribution in [0.1, 0.15) is 5.82 Å². The van der Waals surface area contributed by atoms with E-state index >= 15 is 0 Å². The first kappa shape index (κ1) is 18.4. The molecule has 0 fully saturated rings. The van der Waals surface area contributed by atoms with Crippen LogP contribution in [0.15, 0.2) is 41.8 Å². The standard InChI is InChI=1S/C14H18N6O4S2/c1-11-17-14(10-19(11)2)26(23,24)16-6-8-25(21,22)18-12-4-7-20-13(9-12)3-5-15-20/h3-5,7,9-10,16,18H,6,8H2,1-2H3. The fourth-order valence-corrected chi connectivity index (χ4v) is 4.41. The smallest absolute Gasteiger partial charge is 0.259 e. The molecule has 3 aromatic heterocycles. The maximum atomic E-state index is 12.2. The average molecular weight is 398 g/mol. The second-order valence-corrected chi connectivity index (χ2v) is 9.23. The molecular weight excluding hydrogens is 380 g/mol. The summed E-state index contributed by atoms with van der Waals surface area (Å²) >= 11 is 0. The predicted octanol–water partition coefficient (Wildman–Crippen LogP) is 0.0964. The van der Waals surface area contributed by atoms with Crippen LogP contribution in [-0.2, 0) is 27.1 Å². The van der Waals surface area contributed by atoms with Crippen LogP contribution in [0, 0.1) is 6.92 Å². The van der Waals surface area contributed by atoms with E-state index in [1.165, 1.54) is 6.20 Å². The zero-order chi connectivity index (χ0) is 18.9. The minimum absolute atomic E-state index is 0.144. The monoisotopic (exact) mass is 398 g/mol. The van der Waals surface area contributed by atoms with E-state index in [0.717, 1.165) is 5.52 Å². The topological polar surface area (TPSA) is 127 Å².